The highest BCUT2D eigenvalue weighted by Gasteiger charge is 2.56. The van der Waals surface area contributed by atoms with Crippen molar-refractivity contribution in [2.45, 2.75) is 16.2 Å². The highest BCUT2D eigenvalue weighted by molar-refractivity contribution is 8.00. The normalized spacial score (nSPS) is 19.3. The molecule has 0 radical (unpaired) electrons. The van der Waals surface area contributed by atoms with Crippen LogP contribution in [0.4, 0.5) is 15.8 Å². The average molecular weight is 612 g/mol. The van der Waals surface area contributed by atoms with E-state index in [9.17, 15) is 23.6 Å². The molecular weight excluding hydrogens is 590 g/mol. The number of hydrogen-bond donors (Lipinski definition) is 2. The van der Waals surface area contributed by atoms with E-state index in [1.54, 1.807) is 24.3 Å². The Morgan fingerprint density at radius 2 is 1.65 bits per heavy atom. The van der Waals surface area contributed by atoms with Crippen LogP contribution in [0.5, 0.6) is 5.75 Å². The summed E-state index contributed by atoms with van der Waals surface area (Å²) in [4.78, 5) is 56.6. The van der Waals surface area contributed by atoms with Crippen LogP contribution in [0.1, 0.15) is 16.4 Å². The van der Waals surface area contributed by atoms with Crippen molar-refractivity contribution in [3.8, 4) is 5.75 Å². The van der Waals surface area contributed by atoms with Crippen LogP contribution in [-0.2, 0) is 14.4 Å². The molecule has 2 N–H and O–H groups in total. The molecule has 2 aliphatic rings. The van der Waals surface area contributed by atoms with Gasteiger partial charge in [0.15, 0.2) is 6.61 Å². The molecule has 11 heteroatoms. The molecule has 214 valence electrons. The van der Waals surface area contributed by atoms with Crippen LogP contribution in [-0.4, -0.2) is 34.6 Å². The second-order valence-electron chi connectivity index (χ2n) is 10.2. The summed E-state index contributed by atoms with van der Waals surface area (Å²) in [6.07, 6.45) is 0. The second-order valence-corrected chi connectivity index (χ2v) is 12.3. The fraction of sp³-hybridized carbons (Fsp3) is 0.125. The number of carbonyl (C=O) groups excluding carboxylic acids is 3. The van der Waals surface area contributed by atoms with E-state index in [2.05, 4.69) is 10.3 Å². The van der Waals surface area contributed by atoms with Crippen molar-refractivity contribution in [3.63, 3.8) is 0 Å². The first-order chi connectivity index (χ1) is 20.9. The molecule has 8 nitrogen and oxygen atoms in total. The van der Waals surface area contributed by atoms with Gasteiger partial charge in [-0.05, 0) is 53.4 Å². The van der Waals surface area contributed by atoms with Crippen LogP contribution < -0.4 is 19.8 Å². The quantitative estimate of drug-likeness (QED) is 0.244. The van der Waals surface area contributed by atoms with Gasteiger partial charge in [-0.25, -0.2) is 9.29 Å². The standard InChI is InChI=1S/C32H22FN3O5S2/c33-19-10-12-20(13-11-19)36-30(38)26-25(27-29(35-32(40)43-27)42-28(26)31(36)39)18-8-14-21(15-9-18)41-16-24(37)34-23-7-3-5-17-4-1-2-6-22(17)23/h1-15,25-26,28H,16H2,(H,34,37)(H,35,40). The smallest absolute Gasteiger partial charge is 0.305 e. The molecule has 7 rings (SSSR count). The molecule has 1 fully saturated rings. The average Bonchev–Trinajstić information content (AvgIpc) is 3.51. The van der Waals surface area contributed by atoms with E-state index < -0.39 is 34.7 Å². The van der Waals surface area contributed by atoms with Crippen LogP contribution >= 0.6 is 23.1 Å². The first-order valence-corrected chi connectivity index (χ1v) is 15.1. The van der Waals surface area contributed by atoms with Crippen molar-refractivity contribution in [1.29, 1.82) is 0 Å². The van der Waals surface area contributed by atoms with E-state index in [0.29, 0.717) is 27.0 Å². The molecule has 0 saturated carbocycles. The lowest BCUT2D eigenvalue weighted by atomic mass is 9.83. The van der Waals surface area contributed by atoms with E-state index in [1.165, 1.54) is 36.0 Å². The third-order valence-corrected chi connectivity index (χ3v) is 9.98. The number of carbonyl (C=O) groups is 3. The third-order valence-electron chi connectivity index (χ3n) is 7.58. The molecule has 3 amide bonds. The van der Waals surface area contributed by atoms with Crippen LogP contribution in [0.2, 0.25) is 0 Å². The summed E-state index contributed by atoms with van der Waals surface area (Å²) in [7, 11) is 0. The van der Waals surface area contributed by atoms with Gasteiger partial charge in [0.2, 0.25) is 11.8 Å². The van der Waals surface area contributed by atoms with E-state index in [-0.39, 0.29) is 17.4 Å². The zero-order chi connectivity index (χ0) is 29.7. The summed E-state index contributed by atoms with van der Waals surface area (Å²) < 4.78 is 19.3. The molecule has 4 aromatic carbocycles. The Bertz CT molecular complexity index is 1950. The number of benzene rings is 4. The first kappa shape index (κ1) is 27.1. The van der Waals surface area contributed by atoms with Crippen LogP contribution in [0.3, 0.4) is 0 Å². The minimum Gasteiger partial charge on any atom is -0.484 e. The van der Waals surface area contributed by atoms with E-state index in [0.717, 1.165) is 32.6 Å². The molecule has 5 aromatic rings. The Hall–Kier alpha value is -4.74. The number of hydrogen-bond acceptors (Lipinski definition) is 7. The molecule has 3 unspecified atom stereocenters. The summed E-state index contributed by atoms with van der Waals surface area (Å²) in [5.41, 5.74) is 1.72. The number of aromatic nitrogens is 1. The number of thiazole rings is 1. The van der Waals surface area contributed by atoms with Gasteiger partial charge in [-0.1, -0.05) is 71.6 Å². The van der Waals surface area contributed by atoms with Gasteiger partial charge < -0.3 is 15.0 Å². The van der Waals surface area contributed by atoms with Crippen molar-refractivity contribution in [3.05, 3.63) is 117 Å². The Morgan fingerprint density at radius 3 is 2.44 bits per heavy atom. The van der Waals surface area contributed by atoms with Crippen LogP contribution in [0, 0.1) is 11.7 Å². The number of H-pyrrole nitrogens is 1. The fourth-order valence-corrected chi connectivity index (χ4v) is 8.18. The molecule has 0 aliphatic carbocycles. The first-order valence-electron chi connectivity index (χ1n) is 13.4. The van der Waals surface area contributed by atoms with Crippen molar-refractivity contribution < 1.29 is 23.5 Å². The van der Waals surface area contributed by atoms with Gasteiger partial charge in [-0.3, -0.25) is 19.2 Å². The molecule has 3 atom stereocenters. The van der Waals surface area contributed by atoms with Crippen molar-refractivity contribution in [2.75, 3.05) is 16.8 Å². The summed E-state index contributed by atoms with van der Waals surface area (Å²) in [6, 6.07) is 25.6. The summed E-state index contributed by atoms with van der Waals surface area (Å²) in [5.74, 6) is -2.48. The number of aromatic amines is 1. The maximum atomic E-state index is 13.8. The number of nitrogens with zero attached hydrogens (tertiary/aromatic N) is 1. The van der Waals surface area contributed by atoms with Crippen molar-refractivity contribution in [1.82, 2.24) is 4.98 Å². The number of thioether (sulfide) groups is 1. The molecule has 43 heavy (non-hydrogen) atoms. The number of rotatable bonds is 6. The monoisotopic (exact) mass is 611 g/mol. The van der Waals surface area contributed by atoms with Gasteiger partial charge in [0, 0.05) is 21.9 Å². The predicted octanol–water partition coefficient (Wildman–Crippen LogP) is 5.54. The number of amides is 3. The molecular formula is C32H22FN3O5S2. The lowest BCUT2D eigenvalue weighted by molar-refractivity contribution is -0.122. The SMILES string of the molecule is O=C(COc1ccc(C2c3sc(=O)[nH]c3SC3C(=O)N(c4ccc(F)cc4)C(=O)C32)cc1)Nc1cccc2ccccc12. The Labute approximate surface area is 252 Å². The topological polar surface area (TPSA) is 109 Å². The van der Waals surface area contributed by atoms with E-state index >= 15 is 0 Å². The lowest BCUT2D eigenvalue weighted by Gasteiger charge is -2.29. The highest BCUT2D eigenvalue weighted by Crippen LogP contribution is 2.53. The van der Waals surface area contributed by atoms with Gasteiger partial charge >= 0.3 is 4.87 Å². The Kier molecular flexibility index (Phi) is 6.83. The zero-order valence-electron chi connectivity index (χ0n) is 22.3. The molecule has 2 aliphatic heterocycles. The number of nitrogens with one attached hydrogen (secondary N) is 2. The molecule has 1 aromatic heterocycles. The van der Waals surface area contributed by atoms with Gasteiger partial charge in [-0.15, -0.1) is 0 Å². The van der Waals surface area contributed by atoms with E-state index in [1.807, 2.05) is 42.5 Å². The van der Waals surface area contributed by atoms with E-state index in [4.69, 9.17) is 4.74 Å². The zero-order valence-corrected chi connectivity index (χ0v) is 23.9. The third kappa shape index (κ3) is 4.90. The van der Waals surface area contributed by atoms with Crippen molar-refractivity contribution >= 4 is 63.0 Å². The highest BCUT2D eigenvalue weighted by atomic mass is 32.2. The number of fused-ring (bicyclic) bond motifs is 3. The number of imide groups is 1. The molecule has 3 heterocycles. The predicted molar refractivity (Wildman–Crippen MR) is 163 cm³/mol. The fourth-order valence-electron chi connectivity index (χ4n) is 5.66. The minimum absolute atomic E-state index is 0.212. The Balaban J connectivity index is 1.12. The largest absolute Gasteiger partial charge is 0.484 e. The lowest BCUT2D eigenvalue weighted by Crippen LogP contribution is -2.32. The summed E-state index contributed by atoms with van der Waals surface area (Å²) in [6.45, 7) is -0.212. The van der Waals surface area contributed by atoms with Gasteiger partial charge in [0.25, 0.3) is 5.91 Å². The minimum atomic E-state index is -0.764. The Morgan fingerprint density at radius 1 is 0.907 bits per heavy atom. The maximum absolute atomic E-state index is 13.8. The summed E-state index contributed by atoms with van der Waals surface area (Å²) >= 11 is 2.19. The summed E-state index contributed by atoms with van der Waals surface area (Å²) in [5, 5.41) is 4.64. The maximum Gasteiger partial charge on any atom is 0.305 e. The molecule has 0 spiro atoms. The molecule has 0 bridgehead atoms. The number of ether oxygens (including phenoxy) is 1. The van der Waals surface area contributed by atoms with Crippen LogP contribution in [0.25, 0.3) is 10.8 Å². The van der Waals surface area contributed by atoms with Gasteiger partial charge in [0.1, 0.15) is 16.8 Å². The van der Waals surface area contributed by atoms with Crippen LogP contribution in [0.15, 0.2) is 101 Å². The number of halogens is 1. The second kappa shape index (κ2) is 10.8. The van der Waals surface area contributed by atoms with Gasteiger partial charge in [-0.2, -0.15) is 0 Å². The van der Waals surface area contributed by atoms with Crippen molar-refractivity contribution in [2.24, 2.45) is 5.92 Å². The van der Waals surface area contributed by atoms with Gasteiger partial charge in [0.05, 0.1) is 16.6 Å². The molecule has 1 saturated heterocycles. The number of anilines is 2.